The number of nitrogens with zero attached hydrogens (tertiary/aromatic N) is 1. The number of benzene rings is 1. The third-order valence-electron chi connectivity index (χ3n) is 2.47. The summed E-state index contributed by atoms with van der Waals surface area (Å²) in [6.07, 6.45) is 1.10. The normalized spacial score (nSPS) is 9.53. The molecule has 3 heteroatoms. The lowest BCUT2D eigenvalue weighted by atomic mass is 10.0. The number of aryl methyl sites for hydroxylation is 1. The van der Waals surface area contributed by atoms with Crippen molar-refractivity contribution >= 4 is 17.4 Å². The minimum Gasteiger partial charge on any atom is -0.278 e. The van der Waals surface area contributed by atoms with Gasteiger partial charge in [-0.1, -0.05) is 43.0 Å². The third kappa shape index (κ3) is 2.91. The summed E-state index contributed by atoms with van der Waals surface area (Å²) >= 11 is 0. The second-order valence-corrected chi connectivity index (χ2v) is 3.75. The van der Waals surface area contributed by atoms with Gasteiger partial charge in [-0.15, -0.1) is 0 Å². The number of imide groups is 1. The van der Waals surface area contributed by atoms with Gasteiger partial charge >= 0.3 is 0 Å². The lowest BCUT2D eigenvalue weighted by molar-refractivity contribution is -0.136. The second kappa shape index (κ2) is 5.25. The van der Waals surface area contributed by atoms with Gasteiger partial charge in [0.1, 0.15) is 0 Å². The summed E-state index contributed by atoms with van der Waals surface area (Å²) in [5.74, 6) is -0.859. The Morgan fingerprint density at radius 3 is 2.24 bits per heavy atom. The summed E-state index contributed by atoms with van der Waals surface area (Å²) in [7, 11) is 1.41. The van der Waals surface area contributed by atoms with E-state index in [4.69, 9.17) is 0 Å². The first-order chi connectivity index (χ1) is 7.97. The molecule has 1 rings (SSSR count). The number of carbonyl (C=O) groups is 2. The quantitative estimate of drug-likeness (QED) is 0.745. The van der Waals surface area contributed by atoms with Crippen molar-refractivity contribution in [2.75, 3.05) is 7.05 Å². The molecule has 0 saturated heterocycles. The lowest BCUT2D eigenvalue weighted by Crippen LogP contribution is -2.32. The molecule has 0 aliphatic heterocycles. The average Bonchev–Trinajstić information content (AvgIpc) is 2.36. The van der Waals surface area contributed by atoms with E-state index in [0.717, 1.165) is 16.5 Å². The Morgan fingerprint density at radius 2 is 1.76 bits per heavy atom. The zero-order valence-electron chi connectivity index (χ0n) is 10.1. The molecule has 1 aromatic carbocycles. The number of likely N-dealkylation sites (N-methyl/N-ethyl adjacent to an activating group) is 1. The third-order valence-corrected chi connectivity index (χ3v) is 2.47. The first-order valence-electron chi connectivity index (χ1n) is 5.17. The Balaban J connectivity index is 2.90. The summed E-state index contributed by atoms with van der Waals surface area (Å²) in [4.78, 5) is 24.2. The fraction of sp³-hybridized carbons (Fsp3) is 0.143. The Bertz CT molecular complexity index is 472. The van der Waals surface area contributed by atoms with E-state index in [1.54, 1.807) is 0 Å². The molecule has 3 nitrogen and oxygen atoms in total. The Morgan fingerprint density at radius 1 is 1.24 bits per heavy atom. The van der Waals surface area contributed by atoms with Gasteiger partial charge in [-0.25, -0.2) is 0 Å². The minimum atomic E-state index is -0.441. The fourth-order valence-electron chi connectivity index (χ4n) is 1.32. The Hall–Kier alpha value is -2.16. The van der Waals surface area contributed by atoms with E-state index in [0.29, 0.717) is 11.1 Å². The van der Waals surface area contributed by atoms with E-state index in [1.807, 2.05) is 31.2 Å². The van der Waals surface area contributed by atoms with Gasteiger partial charge in [0.2, 0.25) is 0 Å². The molecule has 0 bridgehead atoms. The summed E-state index contributed by atoms with van der Waals surface area (Å²) in [5, 5.41) is 0. The number of carbonyl (C=O) groups excluding carboxylic acids is 2. The van der Waals surface area contributed by atoms with Crippen molar-refractivity contribution in [1.29, 1.82) is 0 Å². The molecule has 2 amide bonds. The van der Waals surface area contributed by atoms with Crippen molar-refractivity contribution in [3.05, 3.63) is 54.6 Å². The monoisotopic (exact) mass is 229 g/mol. The van der Waals surface area contributed by atoms with Crippen LogP contribution in [-0.4, -0.2) is 23.8 Å². The summed E-state index contributed by atoms with van der Waals surface area (Å²) in [6.45, 7) is 9.01. The smallest absolute Gasteiger partial charge is 0.260 e. The highest BCUT2D eigenvalue weighted by atomic mass is 16.2. The van der Waals surface area contributed by atoms with Crippen LogP contribution in [0.25, 0.3) is 5.57 Å². The Kier molecular flexibility index (Phi) is 3.99. The maximum atomic E-state index is 11.9. The lowest BCUT2D eigenvalue weighted by Gasteiger charge is -2.14. The molecule has 0 atom stereocenters. The molecule has 0 aliphatic rings. The second-order valence-electron chi connectivity index (χ2n) is 3.75. The SMILES string of the molecule is C=CC(=O)N(C)C(=O)C(=C)c1ccc(C)cc1. The van der Waals surface area contributed by atoms with Crippen molar-refractivity contribution in [3.63, 3.8) is 0 Å². The molecule has 17 heavy (non-hydrogen) atoms. The summed E-state index contributed by atoms with van der Waals surface area (Å²) in [6, 6.07) is 7.40. The number of hydrogen-bond donors (Lipinski definition) is 0. The van der Waals surface area contributed by atoms with Gasteiger partial charge < -0.3 is 0 Å². The van der Waals surface area contributed by atoms with E-state index in [1.165, 1.54) is 7.05 Å². The molecular formula is C14H15NO2. The molecule has 0 spiro atoms. The molecule has 0 saturated carbocycles. The van der Waals surface area contributed by atoms with Crippen LogP contribution in [0.1, 0.15) is 11.1 Å². The largest absolute Gasteiger partial charge is 0.278 e. The van der Waals surface area contributed by atoms with Crippen molar-refractivity contribution in [3.8, 4) is 0 Å². The molecule has 88 valence electrons. The molecular weight excluding hydrogens is 214 g/mol. The predicted octanol–water partition coefficient (Wildman–Crippen LogP) is 2.18. The molecule has 0 fully saturated rings. The minimum absolute atomic E-state index is 0.294. The summed E-state index contributed by atoms with van der Waals surface area (Å²) in [5.41, 5.74) is 2.11. The fourth-order valence-corrected chi connectivity index (χ4v) is 1.32. The van der Waals surface area contributed by atoms with Gasteiger partial charge in [0.25, 0.3) is 11.8 Å². The van der Waals surface area contributed by atoms with Crippen LogP contribution < -0.4 is 0 Å². The van der Waals surface area contributed by atoms with Crippen LogP contribution in [0.15, 0.2) is 43.5 Å². The number of amides is 2. The first kappa shape index (κ1) is 12.9. The molecule has 0 N–H and O–H groups in total. The van der Waals surface area contributed by atoms with E-state index in [-0.39, 0.29) is 0 Å². The predicted molar refractivity (Wildman–Crippen MR) is 68.2 cm³/mol. The molecule has 0 aliphatic carbocycles. The van der Waals surface area contributed by atoms with Crippen LogP contribution in [0.2, 0.25) is 0 Å². The van der Waals surface area contributed by atoms with Gasteiger partial charge in [-0.05, 0) is 18.6 Å². The van der Waals surface area contributed by atoms with Crippen molar-refractivity contribution in [1.82, 2.24) is 4.90 Å². The van der Waals surface area contributed by atoms with E-state index in [2.05, 4.69) is 13.2 Å². The van der Waals surface area contributed by atoms with Gasteiger partial charge in [0.15, 0.2) is 0 Å². The van der Waals surface area contributed by atoms with Crippen molar-refractivity contribution < 1.29 is 9.59 Å². The van der Waals surface area contributed by atoms with Gasteiger partial charge in [-0.3, -0.25) is 14.5 Å². The Labute approximate surface area is 101 Å². The number of rotatable bonds is 3. The molecule has 1 aromatic rings. The van der Waals surface area contributed by atoms with Gasteiger partial charge in [-0.2, -0.15) is 0 Å². The summed E-state index contributed by atoms with van der Waals surface area (Å²) < 4.78 is 0. The molecule has 0 unspecified atom stereocenters. The van der Waals surface area contributed by atoms with E-state index in [9.17, 15) is 9.59 Å². The van der Waals surface area contributed by atoms with Crippen LogP contribution in [0, 0.1) is 6.92 Å². The van der Waals surface area contributed by atoms with Crippen LogP contribution in [0.4, 0.5) is 0 Å². The standard InChI is InChI=1S/C14H15NO2/c1-5-13(16)15(4)14(17)11(3)12-8-6-10(2)7-9-12/h5-9H,1,3H2,2,4H3. The zero-order chi connectivity index (χ0) is 13.0. The van der Waals surface area contributed by atoms with Crippen LogP contribution in [0.3, 0.4) is 0 Å². The van der Waals surface area contributed by atoms with Crippen molar-refractivity contribution in [2.24, 2.45) is 0 Å². The maximum absolute atomic E-state index is 11.9. The average molecular weight is 229 g/mol. The molecule has 0 heterocycles. The highest BCUT2D eigenvalue weighted by Gasteiger charge is 2.18. The topological polar surface area (TPSA) is 37.4 Å². The van der Waals surface area contributed by atoms with Gasteiger partial charge in [0, 0.05) is 12.6 Å². The molecule has 0 aromatic heterocycles. The molecule has 0 radical (unpaired) electrons. The van der Waals surface area contributed by atoms with E-state index >= 15 is 0 Å². The first-order valence-corrected chi connectivity index (χ1v) is 5.17. The zero-order valence-corrected chi connectivity index (χ0v) is 10.1. The highest BCUT2D eigenvalue weighted by Crippen LogP contribution is 2.15. The van der Waals surface area contributed by atoms with Crippen LogP contribution >= 0.6 is 0 Å². The van der Waals surface area contributed by atoms with Crippen LogP contribution in [-0.2, 0) is 9.59 Å². The highest BCUT2D eigenvalue weighted by molar-refractivity contribution is 6.23. The maximum Gasteiger partial charge on any atom is 0.260 e. The van der Waals surface area contributed by atoms with E-state index < -0.39 is 11.8 Å². The number of hydrogen-bond acceptors (Lipinski definition) is 2. The van der Waals surface area contributed by atoms with Crippen LogP contribution in [0.5, 0.6) is 0 Å². The van der Waals surface area contributed by atoms with Crippen molar-refractivity contribution in [2.45, 2.75) is 6.92 Å². The van der Waals surface area contributed by atoms with Gasteiger partial charge in [0.05, 0.1) is 0 Å².